The van der Waals surface area contributed by atoms with Gasteiger partial charge in [0.05, 0.1) is 4.92 Å². The Kier molecular flexibility index (Phi) is 4.39. The summed E-state index contributed by atoms with van der Waals surface area (Å²) in [6.45, 7) is 1.82. The lowest BCUT2D eigenvalue weighted by molar-refractivity contribution is -0.385. The lowest BCUT2D eigenvalue weighted by atomic mass is 9.75. The average molecular weight is 285 g/mol. The van der Waals surface area contributed by atoms with Crippen molar-refractivity contribution in [2.45, 2.75) is 19.3 Å². The highest BCUT2D eigenvalue weighted by molar-refractivity contribution is 6.30. The third-order valence-electron chi connectivity index (χ3n) is 3.79. The first-order valence-corrected chi connectivity index (χ1v) is 6.65. The lowest BCUT2D eigenvalue weighted by Crippen LogP contribution is -2.38. The molecule has 1 saturated heterocycles. The Hall–Kier alpha value is -1.17. The number of hydrogen-bond acceptors (Lipinski definition) is 4. The Labute approximate surface area is 116 Å². The van der Waals surface area contributed by atoms with Crippen LogP contribution >= 0.6 is 11.6 Å². The van der Waals surface area contributed by atoms with E-state index in [1.54, 1.807) is 12.1 Å². The monoisotopic (exact) mass is 284 g/mol. The van der Waals surface area contributed by atoms with Crippen molar-refractivity contribution in [3.05, 3.63) is 38.9 Å². The Morgan fingerprint density at radius 3 is 2.68 bits per heavy atom. The smallest absolute Gasteiger partial charge is 0.272 e. The Morgan fingerprint density at radius 1 is 1.42 bits per heavy atom. The highest BCUT2D eigenvalue weighted by Gasteiger charge is 2.33. The third kappa shape index (κ3) is 3.23. The molecule has 0 saturated carbocycles. The largest absolute Gasteiger partial charge is 0.381 e. The number of nitrogens with zero attached hydrogens (tertiary/aromatic N) is 1. The molecule has 1 aromatic carbocycles. The van der Waals surface area contributed by atoms with Gasteiger partial charge in [-0.05, 0) is 43.4 Å². The maximum atomic E-state index is 11.1. The van der Waals surface area contributed by atoms with Gasteiger partial charge in [-0.2, -0.15) is 0 Å². The first-order chi connectivity index (χ1) is 9.06. The van der Waals surface area contributed by atoms with E-state index in [-0.39, 0.29) is 16.0 Å². The van der Waals surface area contributed by atoms with E-state index in [0.29, 0.717) is 36.8 Å². The lowest BCUT2D eigenvalue weighted by Gasteiger charge is -2.36. The molecular formula is C13H17ClN2O3. The van der Waals surface area contributed by atoms with Crippen LogP contribution in [0, 0.1) is 15.5 Å². The summed E-state index contributed by atoms with van der Waals surface area (Å²) in [4.78, 5) is 10.7. The van der Waals surface area contributed by atoms with E-state index in [2.05, 4.69) is 0 Å². The number of nitrogens with two attached hydrogens (primary N) is 1. The van der Waals surface area contributed by atoms with Crippen LogP contribution in [0.5, 0.6) is 0 Å². The first kappa shape index (κ1) is 14.2. The molecule has 19 heavy (non-hydrogen) atoms. The summed E-state index contributed by atoms with van der Waals surface area (Å²) < 4.78 is 5.35. The number of benzene rings is 1. The molecule has 2 N–H and O–H groups in total. The second-order valence-electron chi connectivity index (χ2n) is 5.02. The maximum absolute atomic E-state index is 11.1. The molecule has 0 spiro atoms. The minimum absolute atomic E-state index is 0.115. The summed E-state index contributed by atoms with van der Waals surface area (Å²) in [6, 6.07) is 4.68. The zero-order valence-electron chi connectivity index (χ0n) is 10.6. The normalized spacial score (nSPS) is 18.2. The van der Waals surface area contributed by atoms with Crippen molar-refractivity contribution in [1.29, 1.82) is 0 Å². The van der Waals surface area contributed by atoms with Crippen LogP contribution in [0.1, 0.15) is 18.4 Å². The van der Waals surface area contributed by atoms with Gasteiger partial charge in [-0.3, -0.25) is 10.1 Å². The fraction of sp³-hybridized carbons (Fsp3) is 0.538. The maximum Gasteiger partial charge on any atom is 0.272 e. The SMILES string of the molecule is NCC1(Cc2cc(Cl)ccc2[N+](=O)[O-])CCOCC1. The molecule has 0 aromatic heterocycles. The summed E-state index contributed by atoms with van der Waals surface area (Å²) in [5.41, 5.74) is 6.55. The molecule has 6 heteroatoms. The van der Waals surface area contributed by atoms with Gasteiger partial charge in [0, 0.05) is 29.9 Å². The van der Waals surface area contributed by atoms with Gasteiger partial charge in [0.1, 0.15) is 0 Å². The van der Waals surface area contributed by atoms with E-state index in [0.717, 1.165) is 12.8 Å². The van der Waals surface area contributed by atoms with Crippen LogP contribution in [-0.4, -0.2) is 24.7 Å². The minimum Gasteiger partial charge on any atom is -0.381 e. The van der Waals surface area contributed by atoms with Gasteiger partial charge >= 0.3 is 0 Å². The van der Waals surface area contributed by atoms with Gasteiger partial charge in [-0.15, -0.1) is 0 Å². The van der Waals surface area contributed by atoms with Crippen LogP contribution < -0.4 is 5.73 Å². The molecule has 0 amide bonds. The van der Waals surface area contributed by atoms with E-state index in [9.17, 15) is 10.1 Å². The fourth-order valence-corrected chi connectivity index (χ4v) is 2.73. The topological polar surface area (TPSA) is 78.4 Å². The van der Waals surface area contributed by atoms with Crippen molar-refractivity contribution >= 4 is 17.3 Å². The zero-order chi connectivity index (χ0) is 13.9. The molecule has 0 unspecified atom stereocenters. The summed E-state index contributed by atoms with van der Waals surface area (Å²) in [5, 5.41) is 11.6. The van der Waals surface area contributed by atoms with Crippen molar-refractivity contribution in [3.63, 3.8) is 0 Å². The standard InChI is InChI=1S/C13H17ClN2O3/c14-11-1-2-12(16(17)18)10(7-11)8-13(9-15)3-5-19-6-4-13/h1-2,7H,3-6,8-9,15H2. The van der Waals surface area contributed by atoms with E-state index in [4.69, 9.17) is 22.1 Å². The molecule has 0 bridgehead atoms. The van der Waals surface area contributed by atoms with Crippen LogP contribution in [0.4, 0.5) is 5.69 Å². The number of ether oxygens (including phenoxy) is 1. The van der Waals surface area contributed by atoms with Gasteiger partial charge < -0.3 is 10.5 Å². The van der Waals surface area contributed by atoms with Gasteiger partial charge in [0.15, 0.2) is 0 Å². The van der Waals surface area contributed by atoms with Crippen LogP contribution in [0.2, 0.25) is 5.02 Å². The van der Waals surface area contributed by atoms with Crippen LogP contribution in [0.3, 0.4) is 0 Å². The van der Waals surface area contributed by atoms with Crippen molar-refractivity contribution in [2.75, 3.05) is 19.8 Å². The molecule has 1 aliphatic heterocycles. The van der Waals surface area contributed by atoms with Crippen molar-refractivity contribution in [2.24, 2.45) is 11.1 Å². The molecule has 104 valence electrons. The third-order valence-corrected chi connectivity index (χ3v) is 4.03. The van der Waals surface area contributed by atoms with E-state index < -0.39 is 0 Å². The van der Waals surface area contributed by atoms with E-state index in [1.165, 1.54) is 6.07 Å². The molecule has 5 nitrogen and oxygen atoms in total. The summed E-state index contributed by atoms with van der Waals surface area (Å²) in [5.74, 6) is 0. The number of nitro benzene ring substituents is 1. The van der Waals surface area contributed by atoms with Crippen LogP contribution in [0.25, 0.3) is 0 Å². The average Bonchev–Trinajstić information content (AvgIpc) is 2.39. The molecule has 1 aromatic rings. The highest BCUT2D eigenvalue weighted by Crippen LogP contribution is 2.36. The van der Waals surface area contributed by atoms with Gasteiger partial charge in [-0.25, -0.2) is 0 Å². The molecule has 1 aliphatic rings. The van der Waals surface area contributed by atoms with Crippen LogP contribution in [0.15, 0.2) is 18.2 Å². The van der Waals surface area contributed by atoms with E-state index in [1.807, 2.05) is 0 Å². The summed E-state index contributed by atoms with van der Waals surface area (Å²) in [6.07, 6.45) is 2.23. The Balaban J connectivity index is 2.30. The van der Waals surface area contributed by atoms with Gasteiger partial charge in [0.2, 0.25) is 0 Å². The molecule has 1 heterocycles. The molecule has 0 radical (unpaired) electrons. The zero-order valence-corrected chi connectivity index (χ0v) is 11.4. The number of halogens is 1. The molecular weight excluding hydrogens is 268 g/mol. The molecule has 2 rings (SSSR count). The number of rotatable bonds is 4. The predicted molar refractivity (Wildman–Crippen MR) is 73.4 cm³/mol. The molecule has 0 atom stereocenters. The second-order valence-corrected chi connectivity index (χ2v) is 5.46. The molecule has 0 aliphatic carbocycles. The first-order valence-electron chi connectivity index (χ1n) is 6.27. The van der Waals surface area contributed by atoms with Crippen LogP contribution in [-0.2, 0) is 11.2 Å². The van der Waals surface area contributed by atoms with Crippen molar-refractivity contribution < 1.29 is 9.66 Å². The van der Waals surface area contributed by atoms with Crippen molar-refractivity contribution in [3.8, 4) is 0 Å². The summed E-state index contributed by atoms with van der Waals surface area (Å²) in [7, 11) is 0. The quantitative estimate of drug-likeness (QED) is 0.681. The second kappa shape index (κ2) is 5.86. The van der Waals surface area contributed by atoms with E-state index >= 15 is 0 Å². The molecule has 1 fully saturated rings. The Morgan fingerprint density at radius 2 is 2.11 bits per heavy atom. The van der Waals surface area contributed by atoms with Gasteiger partial charge in [0.25, 0.3) is 5.69 Å². The highest BCUT2D eigenvalue weighted by atomic mass is 35.5. The van der Waals surface area contributed by atoms with Crippen molar-refractivity contribution in [1.82, 2.24) is 0 Å². The number of nitro groups is 1. The fourth-order valence-electron chi connectivity index (χ4n) is 2.54. The summed E-state index contributed by atoms with van der Waals surface area (Å²) >= 11 is 5.95. The Bertz CT molecular complexity index is 473. The predicted octanol–water partition coefficient (Wildman–Crippen LogP) is 2.55. The minimum atomic E-state index is -0.366. The van der Waals surface area contributed by atoms with Gasteiger partial charge in [-0.1, -0.05) is 11.6 Å². The number of hydrogen-bond donors (Lipinski definition) is 1.